The molecule has 11 heteroatoms. The average Bonchev–Trinajstić information content (AvgIpc) is 3.31. The van der Waals surface area contributed by atoms with E-state index in [1.54, 1.807) is 30.3 Å². The predicted octanol–water partition coefficient (Wildman–Crippen LogP) is 5.33. The minimum Gasteiger partial charge on any atom is -0.465 e. The van der Waals surface area contributed by atoms with Gasteiger partial charge in [0.2, 0.25) is 5.91 Å². The van der Waals surface area contributed by atoms with Crippen molar-refractivity contribution >= 4 is 63.2 Å². The van der Waals surface area contributed by atoms with E-state index in [1.165, 1.54) is 30.2 Å². The van der Waals surface area contributed by atoms with E-state index < -0.39 is 5.97 Å². The summed E-state index contributed by atoms with van der Waals surface area (Å²) in [5, 5.41) is 13.1. The molecule has 0 bridgehead atoms. The quantitative estimate of drug-likeness (QED) is 0.257. The SMILES string of the molecule is C=CCn1c(SCC(=O)Nc2sc(C)cc2C(=O)OC)nnc1-c1ccc(Cl)c(Cl)c1. The van der Waals surface area contributed by atoms with E-state index in [4.69, 9.17) is 27.9 Å². The molecule has 31 heavy (non-hydrogen) atoms. The highest BCUT2D eigenvalue weighted by Gasteiger charge is 2.19. The number of rotatable bonds is 8. The summed E-state index contributed by atoms with van der Waals surface area (Å²) in [7, 11) is 1.30. The summed E-state index contributed by atoms with van der Waals surface area (Å²) in [6.45, 7) is 6.07. The van der Waals surface area contributed by atoms with Gasteiger partial charge in [0.25, 0.3) is 0 Å². The monoisotopic (exact) mass is 496 g/mol. The van der Waals surface area contributed by atoms with Crippen molar-refractivity contribution in [3.63, 3.8) is 0 Å². The number of hydrogen-bond acceptors (Lipinski definition) is 7. The van der Waals surface area contributed by atoms with Crippen molar-refractivity contribution < 1.29 is 14.3 Å². The number of anilines is 1. The lowest BCUT2D eigenvalue weighted by molar-refractivity contribution is -0.113. The van der Waals surface area contributed by atoms with Crippen LogP contribution in [-0.2, 0) is 16.1 Å². The van der Waals surface area contributed by atoms with E-state index in [9.17, 15) is 9.59 Å². The first kappa shape index (κ1) is 23.3. The Hall–Kier alpha value is -2.33. The fourth-order valence-corrected chi connectivity index (χ4v) is 4.66. The number of esters is 1. The number of thioether (sulfide) groups is 1. The highest BCUT2D eigenvalue weighted by molar-refractivity contribution is 7.99. The molecule has 0 aliphatic rings. The van der Waals surface area contributed by atoms with Gasteiger partial charge in [0.05, 0.1) is 28.5 Å². The third kappa shape index (κ3) is 5.48. The number of ether oxygens (including phenoxy) is 1. The number of thiophene rings is 1. The van der Waals surface area contributed by atoms with Crippen LogP contribution in [0.3, 0.4) is 0 Å². The number of carbonyl (C=O) groups excluding carboxylic acids is 2. The topological polar surface area (TPSA) is 86.1 Å². The van der Waals surface area contributed by atoms with Crippen molar-refractivity contribution in [2.75, 3.05) is 18.2 Å². The van der Waals surface area contributed by atoms with Crippen molar-refractivity contribution in [1.82, 2.24) is 14.8 Å². The first-order chi connectivity index (χ1) is 14.8. The lowest BCUT2D eigenvalue weighted by atomic mass is 10.2. The normalized spacial score (nSPS) is 10.7. The zero-order valence-electron chi connectivity index (χ0n) is 16.6. The van der Waals surface area contributed by atoms with Crippen LogP contribution in [-0.4, -0.2) is 39.5 Å². The smallest absolute Gasteiger partial charge is 0.340 e. The second-order valence-electron chi connectivity index (χ2n) is 6.26. The standard InChI is InChI=1S/C20H18Cl2N4O3S2/c1-4-7-26-17(12-5-6-14(21)15(22)9-12)24-25-20(26)30-10-16(27)23-18-13(19(28)29-3)8-11(2)31-18/h4-6,8-9H,1,7,10H2,2-3H3,(H,23,27). The number of hydrogen-bond donors (Lipinski definition) is 1. The molecule has 2 heterocycles. The van der Waals surface area contributed by atoms with Crippen LogP contribution >= 0.6 is 46.3 Å². The molecule has 1 aromatic carbocycles. The van der Waals surface area contributed by atoms with E-state index in [0.717, 1.165) is 10.4 Å². The summed E-state index contributed by atoms with van der Waals surface area (Å²) in [6.07, 6.45) is 1.71. The molecule has 0 aliphatic carbocycles. The van der Waals surface area contributed by atoms with Crippen LogP contribution in [0.5, 0.6) is 0 Å². The Morgan fingerprint density at radius 3 is 2.74 bits per heavy atom. The summed E-state index contributed by atoms with van der Waals surface area (Å²) in [5.41, 5.74) is 1.08. The van der Waals surface area contributed by atoms with Crippen LogP contribution in [0.2, 0.25) is 10.0 Å². The molecular formula is C20H18Cl2N4O3S2. The Morgan fingerprint density at radius 2 is 2.06 bits per heavy atom. The molecule has 0 saturated heterocycles. The molecule has 1 N–H and O–H groups in total. The highest BCUT2D eigenvalue weighted by Crippen LogP contribution is 2.31. The van der Waals surface area contributed by atoms with Gasteiger partial charge in [-0.25, -0.2) is 4.79 Å². The largest absolute Gasteiger partial charge is 0.465 e. The third-order valence-corrected chi connectivity index (χ3v) is 6.72. The maximum Gasteiger partial charge on any atom is 0.340 e. The van der Waals surface area contributed by atoms with Gasteiger partial charge in [-0.1, -0.05) is 41.0 Å². The van der Waals surface area contributed by atoms with Crippen LogP contribution in [0.4, 0.5) is 5.00 Å². The number of carbonyl (C=O) groups is 2. The zero-order chi connectivity index (χ0) is 22.5. The summed E-state index contributed by atoms with van der Waals surface area (Å²) in [5.74, 6) is -0.109. The molecule has 7 nitrogen and oxygen atoms in total. The molecule has 0 unspecified atom stereocenters. The van der Waals surface area contributed by atoms with Gasteiger partial charge in [-0.2, -0.15) is 0 Å². The summed E-state index contributed by atoms with van der Waals surface area (Å²) in [6, 6.07) is 6.88. The van der Waals surface area contributed by atoms with Crippen molar-refractivity contribution in [3.05, 3.63) is 57.4 Å². The number of methoxy groups -OCH3 is 1. The molecule has 2 aromatic heterocycles. The number of amides is 1. The summed E-state index contributed by atoms with van der Waals surface area (Å²) < 4.78 is 6.60. The minimum atomic E-state index is -0.496. The van der Waals surface area contributed by atoms with Crippen molar-refractivity contribution in [1.29, 1.82) is 0 Å². The third-order valence-electron chi connectivity index (χ3n) is 4.05. The molecule has 3 rings (SSSR count). The molecule has 3 aromatic rings. The number of aromatic nitrogens is 3. The lowest BCUT2D eigenvalue weighted by Crippen LogP contribution is -2.16. The van der Waals surface area contributed by atoms with E-state index in [2.05, 4.69) is 22.1 Å². The minimum absolute atomic E-state index is 0.0776. The molecule has 0 atom stereocenters. The Kier molecular flexibility index (Phi) is 7.77. The van der Waals surface area contributed by atoms with Gasteiger partial charge in [0.15, 0.2) is 11.0 Å². The van der Waals surface area contributed by atoms with Crippen molar-refractivity contribution in [3.8, 4) is 11.4 Å². The van der Waals surface area contributed by atoms with Gasteiger partial charge in [-0.3, -0.25) is 9.36 Å². The number of halogens is 2. The summed E-state index contributed by atoms with van der Waals surface area (Å²) >= 11 is 14.7. The zero-order valence-corrected chi connectivity index (χ0v) is 19.8. The number of allylic oxidation sites excluding steroid dienone is 1. The number of nitrogens with zero attached hydrogens (tertiary/aromatic N) is 3. The second-order valence-corrected chi connectivity index (χ2v) is 9.28. The fraction of sp³-hybridized carbons (Fsp3) is 0.200. The van der Waals surface area contributed by atoms with Crippen molar-refractivity contribution in [2.24, 2.45) is 0 Å². The fourth-order valence-electron chi connectivity index (χ4n) is 2.70. The lowest BCUT2D eigenvalue weighted by Gasteiger charge is -2.09. The molecule has 0 spiro atoms. The van der Waals surface area contributed by atoms with Crippen LogP contribution in [0, 0.1) is 6.92 Å². The highest BCUT2D eigenvalue weighted by atomic mass is 35.5. The van der Waals surface area contributed by atoms with Crippen LogP contribution in [0.25, 0.3) is 11.4 Å². The van der Waals surface area contributed by atoms with E-state index in [-0.39, 0.29) is 11.7 Å². The van der Waals surface area contributed by atoms with Gasteiger partial charge >= 0.3 is 5.97 Å². The molecule has 0 saturated carbocycles. The Balaban J connectivity index is 1.75. The first-order valence-corrected chi connectivity index (χ1v) is 11.5. The van der Waals surface area contributed by atoms with E-state index in [1.807, 2.05) is 11.5 Å². The van der Waals surface area contributed by atoms with E-state index >= 15 is 0 Å². The Morgan fingerprint density at radius 1 is 1.29 bits per heavy atom. The summed E-state index contributed by atoms with van der Waals surface area (Å²) in [4.78, 5) is 25.3. The maximum absolute atomic E-state index is 12.5. The molecule has 0 aliphatic heterocycles. The van der Waals surface area contributed by atoms with E-state index in [0.29, 0.717) is 38.1 Å². The number of benzene rings is 1. The molecule has 1 amide bonds. The maximum atomic E-state index is 12.5. The van der Waals surface area contributed by atoms with Crippen LogP contribution in [0.15, 0.2) is 42.1 Å². The molecule has 0 radical (unpaired) electrons. The van der Waals surface area contributed by atoms with Gasteiger partial charge in [-0.15, -0.1) is 28.1 Å². The van der Waals surface area contributed by atoms with Gasteiger partial charge in [0, 0.05) is 17.0 Å². The second kappa shape index (κ2) is 10.3. The molecule has 162 valence electrons. The molecular weight excluding hydrogens is 479 g/mol. The van der Waals surface area contributed by atoms with Crippen LogP contribution < -0.4 is 5.32 Å². The number of nitrogens with one attached hydrogen (secondary N) is 1. The first-order valence-electron chi connectivity index (χ1n) is 8.95. The van der Waals surface area contributed by atoms with Crippen LogP contribution in [0.1, 0.15) is 15.2 Å². The Bertz CT molecular complexity index is 1140. The van der Waals surface area contributed by atoms with Crippen molar-refractivity contribution in [2.45, 2.75) is 18.6 Å². The Labute approximate surface area is 197 Å². The predicted molar refractivity (Wildman–Crippen MR) is 125 cm³/mol. The average molecular weight is 497 g/mol. The van der Waals surface area contributed by atoms with Gasteiger partial charge < -0.3 is 10.1 Å². The van der Waals surface area contributed by atoms with Gasteiger partial charge in [0.1, 0.15) is 5.00 Å². The number of aryl methyl sites for hydroxylation is 1. The van der Waals surface area contributed by atoms with Gasteiger partial charge in [-0.05, 0) is 31.2 Å². The molecule has 0 fully saturated rings.